The van der Waals surface area contributed by atoms with Gasteiger partial charge in [0.2, 0.25) is 5.91 Å². The van der Waals surface area contributed by atoms with E-state index in [0.29, 0.717) is 48.9 Å². The van der Waals surface area contributed by atoms with Gasteiger partial charge in [-0.2, -0.15) is 0 Å². The van der Waals surface area contributed by atoms with Crippen molar-refractivity contribution in [2.75, 3.05) is 39.9 Å². The average molecular weight is 367 g/mol. The van der Waals surface area contributed by atoms with Crippen molar-refractivity contribution in [3.8, 4) is 5.75 Å². The van der Waals surface area contributed by atoms with Crippen LogP contribution < -0.4 is 4.74 Å². The van der Waals surface area contributed by atoms with Crippen LogP contribution in [0.15, 0.2) is 18.2 Å². The van der Waals surface area contributed by atoms with Crippen LogP contribution in [0, 0.1) is 11.3 Å². The molecule has 0 aliphatic carbocycles. The Labute approximate surface area is 152 Å². The molecule has 2 fully saturated rings. The van der Waals surface area contributed by atoms with Crippen molar-refractivity contribution in [1.29, 1.82) is 0 Å². The zero-order chi connectivity index (χ0) is 18.2. The molecule has 1 aromatic rings. The summed E-state index contributed by atoms with van der Waals surface area (Å²) >= 11 is 5.97. The van der Waals surface area contributed by atoms with Gasteiger partial charge in [0.15, 0.2) is 0 Å². The number of carbonyl (C=O) groups excluding carboxylic acids is 2. The predicted molar refractivity (Wildman–Crippen MR) is 93.8 cm³/mol. The monoisotopic (exact) mass is 366 g/mol. The molecule has 0 saturated carbocycles. The second kappa shape index (κ2) is 6.84. The third-order valence-electron chi connectivity index (χ3n) is 5.57. The van der Waals surface area contributed by atoms with Crippen LogP contribution in [0.1, 0.15) is 23.7 Å². The number of ether oxygens (including phenoxy) is 1. The molecule has 1 N–H and O–H groups in total. The molecule has 6 nitrogen and oxygen atoms in total. The number of aliphatic hydroxyl groups is 1. The number of amides is 2. The van der Waals surface area contributed by atoms with Crippen LogP contribution in [0.3, 0.4) is 0 Å². The number of carbonyl (C=O) groups is 2. The molecule has 2 aliphatic rings. The van der Waals surface area contributed by atoms with Gasteiger partial charge >= 0.3 is 0 Å². The molecule has 2 unspecified atom stereocenters. The fourth-order valence-electron chi connectivity index (χ4n) is 3.99. The van der Waals surface area contributed by atoms with E-state index in [2.05, 4.69) is 0 Å². The molecule has 0 spiro atoms. The number of halogens is 1. The normalized spacial score (nSPS) is 25.7. The Hall–Kier alpha value is -1.79. The summed E-state index contributed by atoms with van der Waals surface area (Å²) in [5, 5.41) is 10.5. The van der Waals surface area contributed by atoms with Crippen LogP contribution >= 0.6 is 11.6 Å². The molecule has 2 atom stereocenters. The molecule has 2 amide bonds. The van der Waals surface area contributed by atoms with Gasteiger partial charge in [0, 0.05) is 49.5 Å². The average Bonchev–Trinajstić information content (AvgIpc) is 3.00. The molecule has 0 bridgehead atoms. The van der Waals surface area contributed by atoms with Gasteiger partial charge in [0.05, 0.1) is 19.3 Å². The minimum atomic E-state index is -0.332. The van der Waals surface area contributed by atoms with E-state index in [1.165, 1.54) is 7.11 Å². The van der Waals surface area contributed by atoms with E-state index in [1.54, 1.807) is 34.9 Å². The summed E-state index contributed by atoms with van der Waals surface area (Å²) < 4.78 is 5.29. The maximum absolute atomic E-state index is 13.0. The Bertz CT molecular complexity index is 696. The van der Waals surface area contributed by atoms with Crippen molar-refractivity contribution < 1.29 is 19.4 Å². The number of methoxy groups -OCH3 is 1. The van der Waals surface area contributed by atoms with Gasteiger partial charge in [0.1, 0.15) is 5.75 Å². The van der Waals surface area contributed by atoms with Crippen LogP contribution in [0.5, 0.6) is 5.75 Å². The number of likely N-dealkylation sites (tertiary alicyclic amines) is 2. The van der Waals surface area contributed by atoms with Crippen LogP contribution in [0.4, 0.5) is 0 Å². The largest absolute Gasteiger partial charge is 0.496 e. The number of nitrogens with zero attached hydrogens (tertiary/aromatic N) is 2. The molecule has 2 aliphatic heterocycles. The summed E-state index contributed by atoms with van der Waals surface area (Å²) in [6, 6.07) is 4.95. The predicted octanol–water partition coefficient (Wildman–Crippen LogP) is 1.65. The maximum atomic E-state index is 13.0. The lowest BCUT2D eigenvalue weighted by molar-refractivity contribution is -0.133. The number of fused-ring (bicyclic) bond motifs is 1. The lowest BCUT2D eigenvalue weighted by atomic mass is 9.73. The molecule has 3 rings (SSSR count). The van der Waals surface area contributed by atoms with Crippen molar-refractivity contribution in [2.45, 2.75) is 13.3 Å². The van der Waals surface area contributed by atoms with Gasteiger partial charge in [-0.15, -0.1) is 0 Å². The quantitative estimate of drug-likeness (QED) is 0.883. The Morgan fingerprint density at radius 1 is 1.36 bits per heavy atom. The van der Waals surface area contributed by atoms with Gasteiger partial charge in [-0.1, -0.05) is 11.6 Å². The first-order valence-corrected chi connectivity index (χ1v) is 8.77. The van der Waals surface area contributed by atoms with Gasteiger partial charge in [-0.05, 0) is 24.6 Å². The minimum Gasteiger partial charge on any atom is -0.496 e. The second-order valence-electron chi connectivity index (χ2n) is 6.96. The molecule has 1 aromatic carbocycles. The summed E-state index contributed by atoms with van der Waals surface area (Å²) in [6.45, 7) is 3.79. The minimum absolute atomic E-state index is 0.0188. The number of hydrogen-bond donors (Lipinski definition) is 1. The van der Waals surface area contributed by atoms with E-state index in [1.807, 2.05) is 0 Å². The van der Waals surface area contributed by atoms with E-state index >= 15 is 0 Å². The van der Waals surface area contributed by atoms with Crippen LogP contribution in [0.2, 0.25) is 5.02 Å². The molecule has 25 heavy (non-hydrogen) atoms. The molecular weight excluding hydrogens is 344 g/mol. The van der Waals surface area contributed by atoms with E-state index in [0.717, 1.165) is 0 Å². The van der Waals surface area contributed by atoms with Crippen molar-refractivity contribution in [1.82, 2.24) is 9.80 Å². The fourth-order valence-corrected chi connectivity index (χ4v) is 4.16. The highest BCUT2D eigenvalue weighted by atomic mass is 35.5. The highest BCUT2D eigenvalue weighted by molar-refractivity contribution is 6.30. The van der Waals surface area contributed by atoms with Crippen LogP contribution in [-0.4, -0.2) is 66.6 Å². The molecule has 136 valence electrons. The molecule has 2 saturated heterocycles. The van der Waals surface area contributed by atoms with Crippen molar-refractivity contribution in [3.63, 3.8) is 0 Å². The lowest BCUT2D eigenvalue weighted by Gasteiger charge is -2.41. The summed E-state index contributed by atoms with van der Waals surface area (Å²) in [5.74, 6) is 0.425. The summed E-state index contributed by atoms with van der Waals surface area (Å²) in [6.07, 6.45) is 0.704. The number of benzene rings is 1. The first kappa shape index (κ1) is 18.0. The topological polar surface area (TPSA) is 70.1 Å². The Morgan fingerprint density at radius 2 is 2.08 bits per heavy atom. The zero-order valence-corrected chi connectivity index (χ0v) is 15.3. The SMILES string of the molecule is COc1cc(Cl)ccc1C(=O)N1CC2CN(C(C)=O)CCC2(CO)C1. The third kappa shape index (κ3) is 3.20. The molecule has 2 heterocycles. The third-order valence-corrected chi connectivity index (χ3v) is 5.81. The van der Waals surface area contributed by atoms with E-state index in [9.17, 15) is 14.7 Å². The van der Waals surface area contributed by atoms with Crippen molar-refractivity contribution >= 4 is 23.4 Å². The summed E-state index contributed by atoms with van der Waals surface area (Å²) in [7, 11) is 1.51. The van der Waals surface area contributed by atoms with Crippen molar-refractivity contribution in [3.05, 3.63) is 28.8 Å². The second-order valence-corrected chi connectivity index (χ2v) is 7.40. The van der Waals surface area contributed by atoms with Gasteiger partial charge < -0.3 is 19.6 Å². The number of aliphatic hydroxyl groups excluding tert-OH is 1. The van der Waals surface area contributed by atoms with E-state index < -0.39 is 0 Å². The Kier molecular flexibility index (Phi) is 4.93. The van der Waals surface area contributed by atoms with E-state index in [4.69, 9.17) is 16.3 Å². The number of rotatable bonds is 3. The first-order chi connectivity index (χ1) is 11.9. The standard InChI is InChI=1S/C18H23ClN2O4/c1-12(23)20-6-5-18(11-22)10-21(9-13(18)8-20)17(24)15-4-3-14(19)7-16(15)25-2/h3-4,7,13,22H,5-6,8-11H2,1-2H3. The van der Waals surface area contributed by atoms with Gasteiger partial charge in [-0.25, -0.2) is 0 Å². The highest BCUT2D eigenvalue weighted by Gasteiger charge is 2.50. The number of hydrogen-bond acceptors (Lipinski definition) is 4. The fraction of sp³-hybridized carbons (Fsp3) is 0.556. The molecule has 0 aromatic heterocycles. The number of piperidine rings is 1. The van der Waals surface area contributed by atoms with Gasteiger partial charge in [-0.3, -0.25) is 9.59 Å². The molecule has 7 heteroatoms. The molecule has 0 radical (unpaired) electrons. The van der Waals surface area contributed by atoms with Crippen LogP contribution in [0.25, 0.3) is 0 Å². The van der Waals surface area contributed by atoms with Crippen LogP contribution in [-0.2, 0) is 4.79 Å². The maximum Gasteiger partial charge on any atom is 0.257 e. The van der Waals surface area contributed by atoms with Gasteiger partial charge in [0.25, 0.3) is 5.91 Å². The van der Waals surface area contributed by atoms with Crippen molar-refractivity contribution in [2.24, 2.45) is 11.3 Å². The van der Waals surface area contributed by atoms with E-state index in [-0.39, 0.29) is 29.8 Å². The zero-order valence-electron chi connectivity index (χ0n) is 14.5. The highest BCUT2D eigenvalue weighted by Crippen LogP contribution is 2.43. The Morgan fingerprint density at radius 3 is 2.72 bits per heavy atom. The smallest absolute Gasteiger partial charge is 0.257 e. The lowest BCUT2D eigenvalue weighted by Crippen LogP contribution is -2.50. The summed E-state index contributed by atoms with van der Waals surface area (Å²) in [4.78, 5) is 28.2. The Balaban J connectivity index is 1.83. The molecular formula is C18H23ClN2O4. The summed E-state index contributed by atoms with van der Waals surface area (Å²) in [5.41, 5.74) is 0.128. The first-order valence-electron chi connectivity index (χ1n) is 8.39.